The minimum atomic E-state index is -0.473. The summed E-state index contributed by atoms with van der Waals surface area (Å²) in [6.07, 6.45) is 1.39. The summed E-state index contributed by atoms with van der Waals surface area (Å²) in [5, 5.41) is 6.40. The molecule has 0 amide bonds. The van der Waals surface area contributed by atoms with Gasteiger partial charge >= 0.3 is 0 Å². The van der Waals surface area contributed by atoms with Crippen LogP contribution >= 0.6 is 0 Å². The minimum absolute atomic E-state index is 0.335. The van der Waals surface area contributed by atoms with Crippen molar-refractivity contribution in [3.63, 3.8) is 0 Å². The molecule has 0 aliphatic heterocycles. The zero-order valence-corrected chi connectivity index (χ0v) is 7.52. The second-order valence-electron chi connectivity index (χ2n) is 2.99. The van der Waals surface area contributed by atoms with Crippen LogP contribution < -0.4 is 0 Å². The van der Waals surface area contributed by atoms with Gasteiger partial charge in [-0.3, -0.25) is 5.10 Å². The molecule has 14 heavy (non-hydrogen) atoms. The van der Waals surface area contributed by atoms with Crippen molar-refractivity contribution in [2.45, 2.75) is 5.92 Å². The number of aromatic nitrogens is 3. The standard InChI is InChI=1S/C10H10FN3/c11-6-9(10-12-7-13-14-10)8-4-2-1-3-5-8/h1-5,7,9H,6H2,(H,12,13,14). The highest BCUT2D eigenvalue weighted by molar-refractivity contribution is 5.24. The van der Waals surface area contributed by atoms with Crippen LogP contribution in [-0.4, -0.2) is 21.9 Å². The molecule has 1 unspecified atom stereocenters. The lowest BCUT2D eigenvalue weighted by atomic mass is 10.0. The van der Waals surface area contributed by atoms with E-state index in [4.69, 9.17) is 0 Å². The molecule has 0 spiro atoms. The van der Waals surface area contributed by atoms with Crippen molar-refractivity contribution in [3.05, 3.63) is 48.0 Å². The van der Waals surface area contributed by atoms with E-state index in [2.05, 4.69) is 15.2 Å². The van der Waals surface area contributed by atoms with Crippen LogP contribution in [0.25, 0.3) is 0 Å². The molecule has 1 atom stereocenters. The van der Waals surface area contributed by atoms with E-state index in [1.165, 1.54) is 6.33 Å². The van der Waals surface area contributed by atoms with Gasteiger partial charge in [-0.15, -0.1) is 0 Å². The number of hydrogen-bond acceptors (Lipinski definition) is 2. The average molecular weight is 191 g/mol. The molecule has 1 aromatic carbocycles. The molecule has 1 heterocycles. The maximum Gasteiger partial charge on any atom is 0.137 e. The van der Waals surface area contributed by atoms with Gasteiger partial charge in [-0.05, 0) is 5.56 Å². The number of nitrogens with zero attached hydrogens (tertiary/aromatic N) is 2. The quantitative estimate of drug-likeness (QED) is 0.805. The number of rotatable bonds is 3. The fourth-order valence-corrected chi connectivity index (χ4v) is 1.39. The minimum Gasteiger partial charge on any atom is -0.263 e. The van der Waals surface area contributed by atoms with E-state index in [0.717, 1.165) is 5.56 Å². The van der Waals surface area contributed by atoms with Crippen LogP contribution in [0.2, 0.25) is 0 Å². The molecular weight excluding hydrogens is 181 g/mol. The van der Waals surface area contributed by atoms with E-state index < -0.39 is 6.67 Å². The second kappa shape index (κ2) is 4.00. The Bertz CT molecular complexity index is 372. The third kappa shape index (κ3) is 1.64. The van der Waals surface area contributed by atoms with Crippen molar-refractivity contribution in [2.24, 2.45) is 0 Å². The van der Waals surface area contributed by atoms with Crippen LogP contribution in [0.1, 0.15) is 17.3 Å². The number of benzene rings is 1. The first kappa shape index (κ1) is 8.87. The topological polar surface area (TPSA) is 41.6 Å². The SMILES string of the molecule is FCC(c1ccccc1)c1ncn[nH]1. The molecule has 0 aliphatic rings. The Morgan fingerprint density at radius 3 is 2.64 bits per heavy atom. The van der Waals surface area contributed by atoms with Gasteiger partial charge in [-0.25, -0.2) is 9.37 Å². The number of aromatic amines is 1. The number of halogens is 1. The highest BCUT2D eigenvalue weighted by Crippen LogP contribution is 2.21. The van der Waals surface area contributed by atoms with E-state index in [-0.39, 0.29) is 5.92 Å². The molecule has 2 rings (SSSR count). The predicted octanol–water partition coefficient (Wildman–Crippen LogP) is 1.91. The lowest BCUT2D eigenvalue weighted by molar-refractivity contribution is 0.451. The summed E-state index contributed by atoms with van der Waals surface area (Å²) in [6, 6.07) is 9.43. The number of hydrogen-bond donors (Lipinski definition) is 1. The first-order valence-corrected chi connectivity index (χ1v) is 4.38. The fraction of sp³-hybridized carbons (Fsp3) is 0.200. The van der Waals surface area contributed by atoms with Gasteiger partial charge < -0.3 is 0 Å². The third-order valence-corrected chi connectivity index (χ3v) is 2.12. The first-order chi connectivity index (χ1) is 6.92. The van der Waals surface area contributed by atoms with Crippen molar-refractivity contribution in [1.29, 1.82) is 0 Å². The van der Waals surface area contributed by atoms with Crippen LogP contribution in [0.15, 0.2) is 36.7 Å². The summed E-state index contributed by atoms with van der Waals surface area (Å²) in [5.41, 5.74) is 0.909. The Morgan fingerprint density at radius 2 is 2.07 bits per heavy atom. The van der Waals surface area contributed by atoms with E-state index >= 15 is 0 Å². The van der Waals surface area contributed by atoms with Crippen LogP contribution in [0.4, 0.5) is 4.39 Å². The van der Waals surface area contributed by atoms with E-state index in [1.54, 1.807) is 0 Å². The highest BCUT2D eigenvalue weighted by Gasteiger charge is 2.15. The summed E-state index contributed by atoms with van der Waals surface area (Å²) in [5.74, 6) is 0.234. The lowest BCUT2D eigenvalue weighted by Gasteiger charge is -2.09. The van der Waals surface area contributed by atoms with Crippen LogP contribution in [0.3, 0.4) is 0 Å². The van der Waals surface area contributed by atoms with Crippen molar-refractivity contribution < 1.29 is 4.39 Å². The molecule has 0 saturated carbocycles. The number of H-pyrrole nitrogens is 1. The monoisotopic (exact) mass is 191 g/mol. The Labute approximate surface area is 81.0 Å². The second-order valence-corrected chi connectivity index (χ2v) is 2.99. The van der Waals surface area contributed by atoms with Gasteiger partial charge in [0.1, 0.15) is 18.8 Å². The summed E-state index contributed by atoms with van der Waals surface area (Å²) < 4.78 is 12.8. The molecule has 0 bridgehead atoms. The summed E-state index contributed by atoms with van der Waals surface area (Å²) in [6.45, 7) is -0.473. The molecule has 1 aromatic heterocycles. The van der Waals surface area contributed by atoms with Gasteiger partial charge in [-0.2, -0.15) is 5.10 Å². The molecule has 0 fully saturated rings. The summed E-state index contributed by atoms with van der Waals surface area (Å²) in [4.78, 5) is 3.96. The smallest absolute Gasteiger partial charge is 0.137 e. The molecule has 0 saturated heterocycles. The van der Waals surface area contributed by atoms with Gasteiger partial charge in [0.15, 0.2) is 0 Å². The van der Waals surface area contributed by atoms with Crippen molar-refractivity contribution >= 4 is 0 Å². The molecule has 4 heteroatoms. The maximum atomic E-state index is 12.8. The zero-order valence-electron chi connectivity index (χ0n) is 7.52. The largest absolute Gasteiger partial charge is 0.263 e. The molecule has 2 aromatic rings. The summed E-state index contributed by atoms with van der Waals surface area (Å²) >= 11 is 0. The van der Waals surface area contributed by atoms with E-state index in [0.29, 0.717) is 5.82 Å². The maximum absolute atomic E-state index is 12.8. The Kier molecular flexibility index (Phi) is 2.53. The van der Waals surface area contributed by atoms with Crippen molar-refractivity contribution in [1.82, 2.24) is 15.2 Å². The van der Waals surface area contributed by atoms with E-state index in [1.807, 2.05) is 30.3 Å². The van der Waals surface area contributed by atoms with Crippen LogP contribution in [0.5, 0.6) is 0 Å². The van der Waals surface area contributed by atoms with Gasteiger partial charge in [0, 0.05) is 0 Å². The predicted molar refractivity (Wildman–Crippen MR) is 50.6 cm³/mol. The van der Waals surface area contributed by atoms with Crippen LogP contribution in [-0.2, 0) is 0 Å². The highest BCUT2D eigenvalue weighted by atomic mass is 19.1. The van der Waals surface area contributed by atoms with Gasteiger partial charge in [-0.1, -0.05) is 30.3 Å². The molecule has 0 radical (unpaired) electrons. The number of nitrogens with one attached hydrogen (secondary N) is 1. The van der Waals surface area contributed by atoms with Gasteiger partial charge in [0.25, 0.3) is 0 Å². The molecular formula is C10H10FN3. The summed E-state index contributed by atoms with van der Waals surface area (Å²) in [7, 11) is 0. The molecule has 3 nitrogen and oxygen atoms in total. The van der Waals surface area contributed by atoms with Crippen molar-refractivity contribution in [2.75, 3.05) is 6.67 Å². The lowest BCUT2D eigenvalue weighted by Crippen LogP contribution is -2.05. The third-order valence-electron chi connectivity index (χ3n) is 2.12. The van der Waals surface area contributed by atoms with E-state index in [9.17, 15) is 4.39 Å². The molecule has 0 aliphatic carbocycles. The van der Waals surface area contributed by atoms with Gasteiger partial charge in [0.2, 0.25) is 0 Å². The fourth-order valence-electron chi connectivity index (χ4n) is 1.39. The Hall–Kier alpha value is -1.71. The average Bonchev–Trinajstić information content (AvgIpc) is 2.74. The van der Waals surface area contributed by atoms with Crippen LogP contribution in [0, 0.1) is 0 Å². The normalized spacial score (nSPS) is 12.6. The van der Waals surface area contributed by atoms with Gasteiger partial charge in [0.05, 0.1) is 5.92 Å². The first-order valence-electron chi connectivity index (χ1n) is 4.38. The zero-order chi connectivity index (χ0) is 9.80. The molecule has 72 valence electrons. The number of alkyl halides is 1. The Balaban J connectivity index is 2.31. The molecule has 1 N–H and O–H groups in total. The van der Waals surface area contributed by atoms with Crippen molar-refractivity contribution in [3.8, 4) is 0 Å². The Morgan fingerprint density at radius 1 is 1.29 bits per heavy atom.